The number of hydrogen-bond acceptors (Lipinski definition) is 4. The van der Waals surface area contributed by atoms with Gasteiger partial charge in [-0.25, -0.2) is 4.98 Å². The molecule has 0 atom stereocenters. The lowest BCUT2D eigenvalue weighted by Gasteiger charge is -2.00. The zero-order valence-electron chi connectivity index (χ0n) is 10.5. The second kappa shape index (κ2) is 7.01. The molecule has 0 saturated heterocycles. The molecule has 4 nitrogen and oxygen atoms in total. The largest absolute Gasteiger partial charge is 0.395 e. The lowest BCUT2D eigenvalue weighted by atomic mass is 10.2. The summed E-state index contributed by atoms with van der Waals surface area (Å²) in [7, 11) is 0. The molecular weight excluding hydrogens is 260 g/mol. The van der Waals surface area contributed by atoms with Gasteiger partial charge in [0.05, 0.1) is 23.7 Å². The molecule has 2 rings (SSSR count). The first-order valence-electron chi connectivity index (χ1n) is 6.12. The number of aromatic nitrogens is 1. The van der Waals surface area contributed by atoms with E-state index < -0.39 is 0 Å². The van der Waals surface area contributed by atoms with E-state index in [0.29, 0.717) is 6.54 Å². The number of aliphatic hydroxyl groups excluding tert-OH is 1. The fraction of sp³-hybridized carbons (Fsp3) is 0.286. The highest BCUT2D eigenvalue weighted by Crippen LogP contribution is 2.15. The number of thiazole rings is 1. The molecule has 2 aromatic rings. The highest BCUT2D eigenvalue weighted by Gasteiger charge is 2.07. The third kappa shape index (κ3) is 4.46. The fourth-order valence-electron chi connectivity index (χ4n) is 1.70. The van der Waals surface area contributed by atoms with Gasteiger partial charge in [-0.15, -0.1) is 11.3 Å². The zero-order chi connectivity index (χ0) is 13.5. The first-order chi connectivity index (χ1) is 9.28. The Kier molecular flexibility index (Phi) is 5.06. The van der Waals surface area contributed by atoms with Gasteiger partial charge in [-0.05, 0) is 5.56 Å². The number of aliphatic hydroxyl groups is 1. The van der Waals surface area contributed by atoms with Crippen LogP contribution in [0.4, 0.5) is 0 Å². The van der Waals surface area contributed by atoms with Gasteiger partial charge in [0.25, 0.3) is 0 Å². The van der Waals surface area contributed by atoms with Gasteiger partial charge in [-0.3, -0.25) is 4.79 Å². The summed E-state index contributed by atoms with van der Waals surface area (Å²) in [4.78, 5) is 15.9. The number of hydrogen-bond donors (Lipinski definition) is 2. The van der Waals surface area contributed by atoms with Gasteiger partial charge in [-0.2, -0.15) is 0 Å². The van der Waals surface area contributed by atoms with Gasteiger partial charge in [0.1, 0.15) is 0 Å². The molecule has 1 aromatic carbocycles. The Bertz CT molecular complexity index is 525. The monoisotopic (exact) mass is 276 g/mol. The number of carbonyl (C=O) groups excluding carboxylic acids is 1. The van der Waals surface area contributed by atoms with E-state index in [1.165, 1.54) is 5.56 Å². The SMILES string of the molecule is O=C(Cc1csc(Cc2ccccc2)n1)NCCO. The van der Waals surface area contributed by atoms with Gasteiger partial charge in [-0.1, -0.05) is 30.3 Å². The van der Waals surface area contributed by atoms with Crippen molar-refractivity contribution in [1.82, 2.24) is 10.3 Å². The number of nitrogens with one attached hydrogen (secondary N) is 1. The minimum Gasteiger partial charge on any atom is -0.395 e. The van der Waals surface area contributed by atoms with E-state index in [-0.39, 0.29) is 18.9 Å². The summed E-state index contributed by atoms with van der Waals surface area (Å²) in [5.74, 6) is -0.106. The van der Waals surface area contributed by atoms with Gasteiger partial charge in [0.2, 0.25) is 5.91 Å². The number of carbonyl (C=O) groups is 1. The van der Waals surface area contributed by atoms with E-state index in [4.69, 9.17) is 5.11 Å². The average Bonchev–Trinajstić information content (AvgIpc) is 2.85. The van der Waals surface area contributed by atoms with E-state index >= 15 is 0 Å². The normalized spacial score (nSPS) is 10.4. The summed E-state index contributed by atoms with van der Waals surface area (Å²) in [5, 5.41) is 14.2. The topological polar surface area (TPSA) is 62.2 Å². The minimum atomic E-state index is -0.106. The van der Waals surface area contributed by atoms with Crippen LogP contribution in [0.1, 0.15) is 16.3 Å². The van der Waals surface area contributed by atoms with E-state index in [2.05, 4.69) is 22.4 Å². The Balaban J connectivity index is 1.90. The van der Waals surface area contributed by atoms with E-state index in [0.717, 1.165) is 17.1 Å². The number of amides is 1. The van der Waals surface area contributed by atoms with Crippen molar-refractivity contribution in [2.75, 3.05) is 13.2 Å². The van der Waals surface area contributed by atoms with Crippen molar-refractivity contribution in [3.63, 3.8) is 0 Å². The van der Waals surface area contributed by atoms with E-state index in [1.807, 2.05) is 23.6 Å². The molecule has 0 radical (unpaired) electrons. The van der Waals surface area contributed by atoms with Crippen LogP contribution < -0.4 is 5.32 Å². The van der Waals surface area contributed by atoms with E-state index in [1.54, 1.807) is 11.3 Å². The third-order valence-corrected chi connectivity index (χ3v) is 3.47. The molecule has 0 aliphatic heterocycles. The third-order valence-electron chi connectivity index (χ3n) is 2.57. The Morgan fingerprint density at radius 1 is 1.32 bits per heavy atom. The molecule has 0 fully saturated rings. The average molecular weight is 276 g/mol. The molecule has 19 heavy (non-hydrogen) atoms. The molecule has 1 heterocycles. The highest BCUT2D eigenvalue weighted by atomic mass is 32.1. The molecule has 5 heteroatoms. The maximum atomic E-state index is 11.5. The second-order valence-corrected chi connectivity index (χ2v) is 5.09. The summed E-state index contributed by atoms with van der Waals surface area (Å²) >= 11 is 1.57. The molecule has 0 aliphatic rings. The maximum absolute atomic E-state index is 11.5. The van der Waals surface area contributed by atoms with Crippen molar-refractivity contribution in [2.45, 2.75) is 12.8 Å². The Hall–Kier alpha value is -1.72. The van der Waals surface area contributed by atoms with Crippen LogP contribution in [-0.4, -0.2) is 29.1 Å². The second-order valence-electron chi connectivity index (χ2n) is 4.15. The zero-order valence-corrected chi connectivity index (χ0v) is 11.3. The summed E-state index contributed by atoms with van der Waals surface area (Å²) in [6, 6.07) is 10.1. The predicted molar refractivity (Wildman–Crippen MR) is 75.2 cm³/mol. The van der Waals surface area contributed by atoms with Crippen LogP contribution in [0.5, 0.6) is 0 Å². The maximum Gasteiger partial charge on any atom is 0.226 e. The quantitative estimate of drug-likeness (QED) is 0.838. The number of benzene rings is 1. The van der Waals surface area contributed by atoms with Gasteiger partial charge in [0.15, 0.2) is 0 Å². The standard InChI is InChI=1S/C14H16N2O2S/c17-7-6-15-13(18)9-12-10-19-14(16-12)8-11-4-2-1-3-5-11/h1-5,10,17H,6-9H2,(H,15,18). The van der Waals surface area contributed by atoms with Crippen LogP contribution in [0.15, 0.2) is 35.7 Å². The lowest BCUT2D eigenvalue weighted by Crippen LogP contribution is -2.27. The molecule has 0 bridgehead atoms. The molecule has 0 aliphatic carbocycles. The minimum absolute atomic E-state index is 0.0396. The van der Waals surface area contributed by atoms with Crippen LogP contribution in [-0.2, 0) is 17.6 Å². The van der Waals surface area contributed by atoms with Crippen molar-refractivity contribution >= 4 is 17.2 Å². The summed E-state index contributed by atoms with van der Waals surface area (Å²) < 4.78 is 0. The molecule has 2 N–H and O–H groups in total. The van der Waals surface area contributed by atoms with Crippen LogP contribution in [0.3, 0.4) is 0 Å². The molecular formula is C14H16N2O2S. The van der Waals surface area contributed by atoms with Gasteiger partial charge < -0.3 is 10.4 Å². The Morgan fingerprint density at radius 2 is 2.11 bits per heavy atom. The number of rotatable bonds is 6. The highest BCUT2D eigenvalue weighted by molar-refractivity contribution is 7.09. The smallest absolute Gasteiger partial charge is 0.226 e. The van der Waals surface area contributed by atoms with Crippen molar-refractivity contribution < 1.29 is 9.90 Å². The van der Waals surface area contributed by atoms with Crippen LogP contribution in [0, 0.1) is 0 Å². The first-order valence-corrected chi connectivity index (χ1v) is 7.00. The van der Waals surface area contributed by atoms with Crippen LogP contribution >= 0.6 is 11.3 Å². The summed E-state index contributed by atoms with van der Waals surface area (Å²) in [6.45, 7) is 0.252. The van der Waals surface area contributed by atoms with Crippen LogP contribution in [0.2, 0.25) is 0 Å². The molecule has 0 spiro atoms. The molecule has 100 valence electrons. The molecule has 0 saturated carbocycles. The Morgan fingerprint density at radius 3 is 2.84 bits per heavy atom. The van der Waals surface area contributed by atoms with Crippen molar-refractivity contribution in [2.24, 2.45) is 0 Å². The van der Waals surface area contributed by atoms with Crippen molar-refractivity contribution in [3.05, 3.63) is 52.0 Å². The first kappa shape index (κ1) is 13.7. The number of nitrogens with zero attached hydrogens (tertiary/aromatic N) is 1. The van der Waals surface area contributed by atoms with E-state index in [9.17, 15) is 4.79 Å². The molecule has 1 amide bonds. The predicted octanol–water partition coefficient (Wildman–Crippen LogP) is 1.38. The lowest BCUT2D eigenvalue weighted by molar-refractivity contribution is -0.120. The summed E-state index contributed by atoms with van der Waals surface area (Å²) in [6.07, 6.45) is 1.06. The molecule has 1 aromatic heterocycles. The molecule has 0 unspecified atom stereocenters. The van der Waals surface area contributed by atoms with Gasteiger partial charge in [0, 0.05) is 18.3 Å². The van der Waals surface area contributed by atoms with Crippen molar-refractivity contribution in [3.8, 4) is 0 Å². The van der Waals surface area contributed by atoms with Gasteiger partial charge >= 0.3 is 0 Å². The Labute approximate surface area is 116 Å². The van der Waals surface area contributed by atoms with Crippen LogP contribution in [0.25, 0.3) is 0 Å². The fourth-order valence-corrected chi connectivity index (χ4v) is 2.53. The van der Waals surface area contributed by atoms with Crippen molar-refractivity contribution in [1.29, 1.82) is 0 Å². The summed E-state index contributed by atoms with van der Waals surface area (Å²) in [5.41, 5.74) is 2.00.